The van der Waals surface area contributed by atoms with Gasteiger partial charge in [-0.1, -0.05) is 117 Å². The quantitative estimate of drug-likeness (QED) is 0.174. The monoisotopic (exact) mass is 662 g/mol. The van der Waals surface area contributed by atoms with Gasteiger partial charge in [0, 0.05) is 11.5 Å². The van der Waals surface area contributed by atoms with E-state index < -0.39 is 12.2 Å². The van der Waals surface area contributed by atoms with E-state index in [1.165, 1.54) is 5.56 Å². The first kappa shape index (κ1) is 31.7. The standard InChI is InChI=1S/C37H40BrClO4/c1-4-25-16-18-26(19-17-25)20-29-21-30(32(38)34(40)33(29)39)36-37(42-23-28-14-10-7-11-15-28)35(24(3)31(5-2)43-36)41-22-27-12-8-6-9-13-27/h6-19,21,24,31,35-37,40H,4-5,20,22-23H2,1-3H3/t24-,31-,35+,36+,37-/m1/s1. The summed E-state index contributed by atoms with van der Waals surface area (Å²) < 4.78 is 20.8. The summed E-state index contributed by atoms with van der Waals surface area (Å²) in [7, 11) is 0. The highest BCUT2D eigenvalue weighted by molar-refractivity contribution is 9.10. The minimum Gasteiger partial charge on any atom is -0.505 e. The molecule has 0 spiro atoms. The normalized spacial score (nSPS) is 22.0. The first-order chi connectivity index (χ1) is 20.9. The Morgan fingerprint density at radius 1 is 0.791 bits per heavy atom. The van der Waals surface area contributed by atoms with Crippen molar-refractivity contribution in [2.75, 3.05) is 0 Å². The number of ether oxygens (including phenoxy) is 3. The van der Waals surface area contributed by atoms with Crippen molar-refractivity contribution in [1.29, 1.82) is 0 Å². The zero-order chi connectivity index (χ0) is 30.3. The van der Waals surface area contributed by atoms with Gasteiger partial charge in [-0.3, -0.25) is 0 Å². The molecule has 4 nitrogen and oxygen atoms in total. The summed E-state index contributed by atoms with van der Waals surface area (Å²) in [6.45, 7) is 7.34. The van der Waals surface area contributed by atoms with Gasteiger partial charge >= 0.3 is 0 Å². The molecule has 1 aliphatic heterocycles. The molecule has 0 bridgehead atoms. The Bertz CT molecular complexity index is 1460. The van der Waals surface area contributed by atoms with E-state index in [-0.39, 0.29) is 23.9 Å². The van der Waals surface area contributed by atoms with Gasteiger partial charge in [-0.2, -0.15) is 0 Å². The second-order valence-corrected chi connectivity index (χ2v) is 12.5. The first-order valence-corrected chi connectivity index (χ1v) is 16.3. The molecule has 5 atom stereocenters. The molecular formula is C37H40BrClO4. The fraction of sp³-hybridized carbons (Fsp3) is 0.351. The van der Waals surface area contributed by atoms with E-state index in [1.54, 1.807) is 0 Å². The van der Waals surface area contributed by atoms with Crippen molar-refractivity contribution in [3.05, 3.63) is 134 Å². The number of phenolic OH excluding ortho intramolecular Hbond substituents is 1. The Morgan fingerprint density at radius 3 is 1.91 bits per heavy atom. The fourth-order valence-corrected chi connectivity index (χ4v) is 6.77. The summed E-state index contributed by atoms with van der Waals surface area (Å²) in [5.41, 5.74) is 6.22. The van der Waals surface area contributed by atoms with Crippen molar-refractivity contribution in [2.45, 2.75) is 77.7 Å². The summed E-state index contributed by atoms with van der Waals surface area (Å²) >= 11 is 10.4. The predicted molar refractivity (Wildman–Crippen MR) is 177 cm³/mol. The summed E-state index contributed by atoms with van der Waals surface area (Å²) in [6, 6.07) is 30.9. The Morgan fingerprint density at radius 2 is 1.35 bits per heavy atom. The number of benzene rings is 4. The van der Waals surface area contributed by atoms with E-state index in [0.29, 0.717) is 29.1 Å². The average molecular weight is 664 g/mol. The fourth-order valence-electron chi connectivity index (χ4n) is 5.90. The van der Waals surface area contributed by atoms with E-state index in [0.717, 1.165) is 40.7 Å². The van der Waals surface area contributed by atoms with Crippen LogP contribution in [-0.4, -0.2) is 23.4 Å². The van der Waals surface area contributed by atoms with Gasteiger partial charge in [0.15, 0.2) is 0 Å². The highest BCUT2D eigenvalue weighted by atomic mass is 79.9. The van der Waals surface area contributed by atoms with Crippen LogP contribution in [0.1, 0.15) is 66.7 Å². The zero-order valence-electron chi connectivity index (χ0n) is 25.0. The summed E-state index contributed by atoms with van der Waals surface area (Å²) in [6.07, 6.45) is 1.15. The highest BCUT2D eigenvalue weighted by Gasteiger charge is 2.46. The second-order valence-electron chi connectivity index (χ2n) is 11.3. The topological polar surface area (TPSA) is 47.9 Å². The minimum atomic E-state index is -0.496. The number of hydrogen-bond acceptors (Lipinski definition) is 4. The lowest BCUT2D eigenvalue weighted by Crippen LogP contribution is -2.51. The van der Waals surface area contributed by atoms with Crippen molar-refractivity contribution in [3.63, 3.8) is 0 Å². The van der Waals surface area contributed by atoms with E-state index in [4.69, 9.17) is 25.8 Å². The second kappa shape index (κ2) is 14.9. The molecule has 1 saturated heterocycles. The van der Waals surface area contributed by atoms with Gasteiger partial charge < -0.3 is 19.3 Å². The molecule has 0 radical (unpaired) electrons. The van der Waals surface area contributed by atoms with Crippen LogP contribution in [0.4, 0.5) is 0 Å². The maximum atomic E-state index is 11.2. The molecule has 4 aromatic carbocycles. The Kier molecular flexibility index (Phi) is 11.0. The first-order valence-electron chi connectivity index (χ1n) is 15.1. The lowest BCUT2D eigenvalue weighted by Gasteiger charge is -2.46. The van der Waals surface area contributed by atoms with Crippen LogP contribution in [0.15, 0.2) is 95.5 Å². The molecule has 0 unspecified atom stereocenters. The summed E-state index contributed by atoms with van der Waals surface area (Å²) in [5, 5.41) is 11.6. The SMILES string of the molecule is CCc1ccc(Cc2cc([C@@H]3O[C@H](CC)[C@@H](C)[C@H](OCc4ccccc4)[C@H]3OCc3ccccc3)c(Br)c(O)c2Cl)cc1. The smallest absolute Gasteiger partial charge is 0.149 e. The Hall–Kier alpha value is -2.67. The molecule has 1 aliphatic rings. The van der Waals surface area contributed by atoms with Crippen LogP contribution in [-0.2, 0) is 40.3 Å². The molecule has 0 amide bonds. The van der Waals surface area contributed by atoms with Crippen molar-refractivity contribution >= 4 is 27.5 Å². The molecule has 6 heteroatoms. The lowest BCUT2D eigenvalue weighted by molar-refractivity contribution is -0.235. The van der Waals surface area contributed by atoms with Crippen LogP contribution in [0.3, 0.4) is 0 Å². The van der Waals surface area contributed by atoms with E-state index >= 15 is 0 Å². The molecular weight excluding hydrogens is 624 g/mol. The number of phenols is 1. The molecule has 226 valence electrons. The third-order valence-electron chi connectivity index (χ3n) is 8.43. The van der Waals surface area contributed by atoms with Gasteiger partial charge in [0.25, 0.3) is 0 Å². The largest absolute Gasteiger partial charge is 0.505 e. The maximum absolute atomic E-state index is 11.2. The van der Waals surface area contributed by atoms with Gasteiger partial charge in [-0.25, -0.2) is 0 Å². The van der Waals surface area contributed by atoms with Crippen LogP contribution in [0.25, 0.3) is 0 Å². The molecule has 5 rings (SSSR count). The third-order valence-corrected chi connectivity index (χ3v) is 9.69. The third kappa shape index (κ3) is 7.53. The number of halogens is 2. The zero-order valence-corrected chi connectivity index (χ0v) is 27.4. The van der Waals surface area contributed by atoms with Crippen LogP contribution in [0.2, 0.25) is 5.02 Å². The van der Waals surface area contributed by atoms with Crippen LogP contribution < -0.4 is 0 Å². The molecule has 0 saturated carbocycles. The number of aromatic hydroxyl groups is 1. The number of rotatable bonds is 11. The molecule has 0 aromatic heterocycles. The van der Waals surface area contributed by atoms with Gasteiger partial charge in [-0.05, 0) is 69.1 Å². The highest BCUT2D eigenvalue weighted by Crippen LogP contribution is 2.47. The molecule has 4 aromatic rings. The van der Waals surface area contributed by atoms with Crippen LogP contribution in [0.5, 0.6) is 5.75 Å². The number of hydrogen-bond donors (Lipinski definition) is 1. The summed E-state index contributed by atoms with van der Waals surface area (Å²) in [4.78, 5) is 0. The minimum absolute atomic E-state index is 0.0122. The lowest BCUT2D eigenvalue weighted by atomic mass is 9.83. The van der Waals surface area contributed by atoms with Gasteiger partial charge in [0.2, 0.25) is 0 Å². The Balaban J connectivity index is 1.52. The molecule has 0 aliphatic carbocycles. The van der Waals surface area contributed by atoms with E-state index in [2.05, 4.69) is 91.3 Å². The maximum Gasteiger partial charge on any atom is 0.149 e. The van der Waals surface area contributed by atoms with Gasteiger partial charge in [0.1, 0.15) is 18.0 Å². The summed E-state index contributed by atoms with van der Waals surface area (Å²) in [5.74, 6) is 0.0973. The van der Waals surface area contributed by atoms with E-state index in [9.17, 15) is 5.11 Å². The number of aryl methyl sites for hydroxylation is 1. The van der Waals surface area contributed by atoms with Crippen LogP contribution >= 0.6 is 27.5 Å². The molecule has 43 heavy (non-hydrogen) atoms. The van der Waals surface area contributed by atoms with Gasteiger partial charge in [0.05, 0.1) is 34.9 Å². The van der Waals surface area contributed by atoms with Gasteiger partial charge in [-0.15, -0.1) is 0 Å². The Labute approximate surface area is 269 Å². The molecule has 1 fully saturated rings. The average Bonchev–Trinajstić information content (AvgIpc) is 3.05. The van der Waals surface area contributed by atoms with Crippen LogP contribution in [0, 0.1) is 5.92 Å². The van der Waals surface area contributed by atoms with Crippen molar-refractivity contribution in [3.8, 4) is 5.75 Å². The molecule has 1 N–H and O–H groups in total. The molecule has 1 heterocycles. The van der Waals surface area contributed by atoms with Crippen molar-refractivity contribution in [1.82, 2.24) is 0 Å². The van der Waals surface area contributed by atoms with E-state index in [1.807, 2.05) is 36.4 Å². The predicted octanol–water partition coefficient (Wildman–Crippen LogP) is 9.62. The van der Waals surface area contributed by atoms with Crippen molar-refractivity contribution < 1.29 is 19.3 Å². The van der Waals surface area contributed by atoms with Crippen molar-refractivity contribution in [2.24, 2.45) is 5.92 Å².